The molecule has 0 spiro atoms. The van der Waals surface area contributed by atoms with Gasteiger partial charge in [-0.15, -0.1) is 0 Å². The summed E-state index contributed by atoms with van der Waals surface area (Å²) in [5.41, 5.74) is 0.272. The molecular formula is C9H17NO4. The van der Waals surface area contributed by atoms with Crippen molar-refractivity contribution in [1.29, 1.82) is 0 Å². The van der Waals surface area contributed by atoms with Gasteiger partial charge >= 0.3 is 5.97 Å². The van der Waals surface area contributed by atoms with Gasteiger partial charge in [0.05, 0.1) is 0 Å². The van der Waals surface area contributed by atoms with E-state index in [1.165, 1.54) is 0 Å². The third-order valence-corrected chi connectivity index (χ3v) is 1.16. The third kappa shape index (κ3) is 16.9. The first kappa shape index (κ1) is 15.1. The van der Waals surface area contributed by atoms with Crippen LogP contribution >= 0.6 is 0 Å². The van der Waals surface area contributed by atoms with Crippen molar-refractivity contribution in [2.24, 2.45) is 0 Å². The fourth-order valence-corrected chi connectivity index (χ4v) is 0.465. The molecule has 0 rings (SSSR count). The second-order valence-corrected chi connectivity index (χ2v) is 2.98. The molecule has 2 N–H and O–H groups in total. The molecule has 0 aromatic rings. The molecule has 0 aliphatic carbocycles. The lowest BCUT2D eigenvalue weighted by Gasteiger charge is -2.07. The van der Waals surface area contributed by atoms with Crippen molar-refractivity contribution in [2.75, 3.05) is 20.6 Å². The van der Waals surface area contributed by atoms with Crippen LogP contribution in [0, 0.1) is 0 Å². The monoisotopic (exact) mass is 203 g/mol. The lowest BCUT2D eigenvalue weighted by atomic mass is 10.2. The van der Waals surface area contributed by atoms with Crippen molar-refractivity contribution in [3.05, 3.63) is 12.2 Å². The summed E-state index contributed by atoms with van der Waals surface area (Å²) in [4.78, 5) is 21.1. The fourth-order valence-electron chi connectivity index (χ4n) is 0.465. The summed E-state index contributed by atoms with van der Waals surface area (Å²) in [5.74, 6) is -1.73. The normalized spacial score (nSPS) is 8.86. The molecule has 0 heterocycles. The highest BCUT2D eigenvalue weighted by atomic mass is 16.4. The van der Waals surface area contributed by atoms with Crippen LogP contribution in [0.15, 0.2) is 12.2 Å². The van der Waals surface area contributed by atoms with Gasteiger partial charge in [-0.2, -0.15) is 0 Å². The zero-order valence-electron chi connectivity index (χ0n) is 8.78. The highest BCUT2D eigenvalue weighted by Gasteiger charge is 2.02. The highest BCUT2D eigenvalue weighted by Crippen LogP contribution is 1.97. The molecule has 0 radical (unpaired) electrons. The minimum absolute atomic E-state index is 0.272. The van der Waals surface area contributed by atoms with E-state index >= 15 is 0 Å². The maximum absolute atomic E-state index is 10.2. The summed E-state index contributed by atoms with van der Waals surface area (Å²) in [6, 6.07) is 0. The van der Waals surface area contributed by atoms with Crippen molar-refractivity contribution in [3.8, 4) is 0 Å². The predicted octanol–water partition coefficient (Wildman–Crippen LogP) is 0.670. The molecule has 0 saturated carbocycles. The highest BCUT2D eigenvalue weighted by molar-refractivity contribution is 5.85. The molecule has 82 valence electrons. The standard InChI is InChI=1S/C7H13NO2.C2H4O2/c1-6(7(9)10)4-5-8(2)3;1-2(3)4/h1,4-5H2,2-3H3,(H,9,10);1H3,(H,3,4). The third-order valence-electron chi connectivity index (χ3n) is 1.16. The van der Waals surface area contributed by atoms with Gasteiger partial charge < -0.3 is 15.1 Å². The van der Waals surface area contributed by atoms with Crippen molar-refractivity contribution in [3.63, 3.8) is 0 Å². The Balaban J connectivity index is 0. The fraction of sp³-hybridized carbons (Fsp3) is 0.556. The maximum Gasteiger partial charge on any atom is 0.331 e. The van der Waals surface area contributed by atoms with Crippen LogP contribution in [-0.4, -0.2) is 47.7 Å². The first-order valence-electron chi connectivity index (χ1n) is 4.02. The number of aliphatic carboxylic acids is 2. The van der Waals surface area contributed by atoms with Crippen LogP contribution in [0.5, 0.6) is 0 Å². The number of carbonyl (C=O) groups is 2. The number of hydrogen-bond acceptors (Lipinski definition) is 3. The molecule has 0 fully saturated rings. The number of carboxylic acid groups (broad SMARTS) is 2. The van der Waals surface area contributed by atoms with Crippen LogP contribution in [0.3, 0.4) is 0 Å². The molecule has 0 aliphatic rings. The molecule has 0 aromatic carbocycles. The Morgan fingerprint density at radius 2 is 1.64 bits per heavy atom. The summed E-state index contributed by atoms with van der Waals surface area (Å²) in [6.45, 7) is 5.22. The van der Waals surface area contributed by atoms with E-state index in [1.54, 1.807) is 0 Å². The topological polar surface area (TPSA) is 77.8 Å². The molecule has 0 unspecified atom stereocenters. The van der Waals surface area contributed by atoms with Crippen molar-refractivity contribution >= 4 is 11.9 Å². The second-order valence-electron chi connectivity index (χ2n) is 2.98. The van der Waals surface area contributed by atoms with E-state index in [9.17, 15) is 4.79 Å². The Hall–Kier alpha value is -1.36. The molecular weight excluding hydrogens is 186 g/mol. The van der Waals surface area contributed by atoms with E-state index in [4.69, 9.17) is 15.0 Å². The first-order valence-corrected chi connectivity index (χ1v) is 4.02. The van der Waals surface area contributed by atoms with Gasteiger partial charge in [0.1, 0.15) is 0 Å². The van der Waals surface area contributed by atoms with Crippen LogP contribution in [-0.2, 0) is 9.59 Å². The molecule has 0 aliphatic heterocycles. The predicted molar refractivity (Wildman–Crippen MR) is 53.3 cm³/mol. The molecule has 5 nitrogen and oxygen atoms in total. The van der Waals surface area contributed by atoms with Crippen LogP contribution < -0.4 is 0 Å². The summed E-state index contributed by atoms with van der Waals surface area (Å²) in [6.07, 6.45) is 0.530. The van der Waals surface area contributed by atoms with Gasteiger partial charge in [0.25, 0.3) is 5.97 Å². The summed E-state index contributed by atoms with van der Waals surface area (Å²) in [5, 5.41) is 15.8. The van der Waals surface area contributed by atoms with E-state index in [0.717, 1.165) is 13.5 Å². The number of rotatable bonds is 4. The number of hydrogen-bond donors (Lipinski definition) is 2. The van der Waals surface area contributed by atoms with E-state index in [2.05, 4.69) is 6.58 Å². The second kappa shape index (κ2) is 8.25. The Labute approximate surface area is 83.6 Å². The average molecular weight is 203 g/mol. The van der Waals surface area contributed by atoms with Crippen LogP contribution in [0.2, 0.25) is 0 Å². The van der Waals surface area contributed by atoms with Crippen LogP contribution in [0.1, 0.15) is 13.3 Å². The number of nitrogens with zero attached hydrogens (tertiary/aromatic N) is 1. The van der Waals surface area contributed by atoms with E-state index in [1.807, 2.05) is 19.0 Å². The molecule has 0 atom stereocenters. The Bertz CT molecular complexity index is 207. The first-order chi connectivity index (χ1) is 6.27. The Morgan fingerprint density at radius 3 is 1.86 bits per heavy atom. The van der Waals surface area contributed by atoms with Gasteiger partial charge in [0.15, 0.2) is 0 Å². The lowest BCUT2D eigenvalue weighted by molar-refractivity contribution is -0.134. The molecule has 5 heteroatoms. The summed E-state index contributed by atoms with van der Waals surface area (Å²) < 4.78 is 0. The van der Waals surface area contributed by atoms with Gasteiger partial charge in [-0.1, -0.05) is 6.58 Å². The quantitative estimate of drug-likeness (QED) is 0.656. The molecule has 0 aromatic heterocycles. The van der Waals surface area contributed by atoms with Crippen molar-refractivity contribution < 1.29 is 19.8 Å². The van der Waals surface area contributed by atoms with Crippen molar-refractivity contribution in [2.45, 2.75) is 13.3 Å². The zero-order chi connectivity index (χ0) is 11.7. The largest absolute Gasteiger partial charge is 0.481 e. The van der Waals surface area contributed by atoms with Crippen molar-refractivity contribution in [1.82, 2.24) is 4.90 Å². The van der Waals surface area contributed by atoms with E-state index in [0.29, 0.717) is 6.42 Å². The zero-order valence-corrected chi connectivity index (χ0v) is 8.78. The van der Waals surface area contributed by atoms with E-state index < -0.39 is 11.9 Å². The maximum atomic E-state index is 10.2. The summed E-state index contributed by atoms with van der Waals surface area (Å²) >= 11 is 0. The Kier molecular flexibility index (Phi) is 8.91. The lowest BCUT2D eigenvalue weighted by Crippen LogP contribution is -2.15. The average Bonchev–Trinajstić information content (AvgIpc) is 1.98. The van der Waals surface area contributed by atoms with E-state index in [-0.39, 0.29) is 5.57 Å². The SMILES string of the molecule is C=C(CCN(C)C)C(=O)O.CC(=O)O. The van der Waals surface area contributed by atoms with Gasteiger partial charge in [-0.25, -0.2) is 4.79 Å². The minimum atomic E-state index is -0.901. The molecule has 0 saturated heterocycles. The van der Waals surface area contributed by atoms with Gasteiger partial charge in [0, 0.05) is 19.0 Å². The minimum Gasteiger partial charge on any atom is -0.481 e. The van der Waals surface area contributed by atoms with Crippen LogP contribution in [0.4, 0.5) is 0 Å². The summed E-state index contributed by atoms with van der Waals surface area (Å²) in [7, 11) is 3.80. The molecule has 14 heavy (non-hydrogen) atoms. The smallest absolute Gasteiger partial charge is 0.331 e. The van der Waals surface area contributed by atoms with Gasteiger partial charge in [-0.3, -0.25) is 4.79 Å². The molecule has 0 amide bonds. The number of carboxylic acids is 2. The van der Waals surface area contributed by atoms with Crippen LogP contribution in [0.25, 0.3) is 0 Å². The van der Waals surface area contributed by atoms with Gasteiger partial charge in [-0.05, 0) is 20.5 Å². The molecule has 0 bridgehead atoms. The Morgan fingerprint density at radius 1 is 1.29 bits per heavy atom. The van der Waals surface area contributed by atoms with Gasteiger partial charge in [0.2, 0.25) is 0 Å².